The fraction of sp³-hybridized carbons (Fsp3) is 0.333. The lowest BCUT2D eigenvalue weighted by Crippen LogP contribution is -1.86. The molecular weight excluding hydrogens is 188 g/mol. The summed E-state index contributed by atoms with van der Waals surface area (Å²) in [5.41, 5.74) is 1.14. The molecule has 12 heavy (non-hydrogen) atoms. The Balaban J connectivity index is 3.08. The maximum Gasteiger partial charge on any atom is 0.130 e. The summed E-state index contributed by atoms with van der Waals surface area (Å²) in [4.78, 5) is 1.37. The average Bonchev–Trinajstić information content (AvgIpc) is 2.07. The smallest absolute Gasteiger partial charge is 0.130 e. The van der Waals surface area contributed by atoms with Crippen molar-refractivity contribution in [2.45, 2.75) is 29.6 Å². The van der Waals surface area contributed by atoms with Gasteiger partial charge >= 0.3 is 0 Å². The van der Waals surface area contributed by atoms with Crippen LogP contribution in [-0.4, -0.2) is 5.11 Å². The second kappa shape index (κ2) is 4.10. The van der Waals surface area contributed by atoms with Crippen molar-refractivity contribution >= 4 is 25.3 Å². The van der Waals surface area contributed by atoms with E-state index in [4.69, 9.17) is 0 Å². The molecule has 0 amide bonds. The van der Waals surface area contributed by atoms with Gasteiger partial charge in [-0.05, 0) is 18.1 Å². The molecule has 0 radical (unpaired) electrons. The summed E-state index contributed by atoms with van der Waals surface area (Å²) in [7, 11) is 0. The Morgan fingerprint density at radius 1 is 1.25 bits per heavy atom. The van der Waals surface area contributed by atoms with Gasteiger partial charge in [-0.2, -0.15) is 0 Å². The monoisotopic (exact) mass is 200 g/mol. The minimum Gasteiger partial charge on any atom is -0.507 e. The first-order chi connectivity index (χ1) is 5.66. The van der Waals surface area contributed by atoms with E-state index >= 15 is 0 Å². The van der Waals surface area contributed by atoms with Crippen molar-refractivity contribution in [3.8, 4) is 5.75 Å². The van der Waals surface area contributed by atoms with Crippen LogP contribution >= 0.6 is 25.3 Å². The first-order valence-corrected chi connectivity index (χ1v) is 4.79. The number of aromatic hydroxyl groups is 1. The van der Waals surface area contributed by atoms with Gasteiger partial charge in [0.05, 0.1) is 4.90 Å². The molecule has 0 aliphatic carbocycles. The third-order valence-electron chi connectivity index (χ3n) is 1.73. The van der Waals surface area contributed by atoms with Crippen molar-refractivity contribution < 1.29 is 5.11 Å². The summed E-state index contributed by atoms with van der Waals surface area (Å²) < 4.78 is 0. The Morgan fingerprint density at radius 3 is 2.50 bits per heavy atom. The van der Waals surface area contributed by atoms with Crippen LogP contribution < -0.4 is 0 Å². The molecule has 0 saturated carbocycles. The predicted molar refractivity (Wildman–Crippen MR) is 56.6 cm³/mol. The minimum atomic E-state index is 0.197. The van der Waals surface area contributed by atoms with Crippen LogP contribution in [0.1, 0.15) is 18.9 Å². The van der Waals surface area contributed by atoms with Crippen LogP contribution in [0.4, 0.5) is 0 Å². The van der Waals surface area contributed by atoms with E-state index in [-0.39, 0.29) is 5.75 Å². The zero-order chi connectivity index (χ0) is 9.14. The van der Waals surface area contributed by atoms with Gasteiger partial charge in [0.25, 0.3) is 0 Å². The Hall–Kier alpha value is -0.280. The summed E-state index contributed by atoms with van der Waals surface area (Å²) in [6.45, 7) is 2.11. The fourth-order valence-corrected chi connectivity index (χ4v) is 1.60. The number of hydrogen-bond acceptors (Lipinski definition) is 3. The molecule has 1 aromatic rings. The van der Waals surface area contributed by atoms with Gasteiger partial charge in [0.2, 0.25) is 0 Å². The Bertz CT molecular complexity index is 284. The molecule has 1 nitrogen and oxygen atoms in total. The number of thiol groups is 2. The molecule has 0 fully saturated rings. The molecule has 3 heteroatoms. The molecule has 0 bridgehead atoms. The lowest BCUT2D eigenvalue weighted by atomic mass is 10.1. The molecule has 0 heterocycles. The van der Waals surface area contributed by atoms with Gasteiger partial charge in [0.15, 0.2) is 0 Å². The second-order valence-corrected chi connectivity index (χ2v) is 3.59. The zero-order valence-corrected chi connectivity index (χ0v) is 8.70. The highest BCUT2D eigenvalue weighted by molar-refractivity contribution is 7.83. The van der Waals surface area contributed by atoms with Crippen molar-refractivity contribution in [2.75, 3.05) is 0 Å². The van der Waals surface area contributed by atoms with Crippen LogP contribution in [0.25, 0.3) is 0 Å². The van der Waals surface area contributed by atoms with Crippen LogP contribution in [-0.2, 0) is 6.42 Å². The van der Waals surface area contributed by atoms with Crippen LogP contribution in [0.15, 0.2) is 21.9 Å². The molecule has 0 spiro atoms. The highest BCUT2D eigenvalue weighted by Gasteiger charge is 2.05. The number of phenols is 1. The summed E-state index contributed by atoms with van der Waals surface area (Å²) in [5.74, 6) is 0.197. The van der Waals surface area contributed by atoms with Gasteiger partial charge in [-0.3, -0.25) is 0 Å². The molecule has 1 rings (SSSR count). The molecule has 0 atom stereocenters. The third kappa shape index (κ3) is 1.90. The summed E-state index contributed by atoms with van der Waals surface area (Å²) >= 11 is 8.43. The van der Waals surface area contributed by atoms with E-state index in [1.54, 1.807) is 6.07 Å². The maximum atomic E-state index is 9.27. The van der Waals surface area contributed by atoms with Gasteiger partial charge in [0.1, 0.15) is 5.75 Å². The second-order valence-electron chi connectivity index (χ2n) is 2.69. The molecular formula is C9H12OS2. The topological polar surface area (TPSA) is 20.2 Å². The van der Waals surface area contributed by atoms with E-state index in [0.29, 0.717) is 4.90 Å². The SMILES string of the molecule is CCCc1ccc(O)c(S)c1S. The fourth-order valence-electron chi connectivity index (χ4n) is 1.08. The van der Waals surface area contributed by atoms with Crippen molar-refractivity contribution in [2.24, 2.45) is 0 Å². The van der Waals surface area contributed by atoms with Crippen molar-refractivity contribution in [1.82, 2.24) is 0 Å². The van der Waals surface area contributed by atoms with Gasteiger partial charge in [-0.15, -0.1) is 25.3 Å². The largest absolute Gasteiger partial charge is 0.507 e. The van der Waals surface area contributed by atoms with E-state index in [9.17, 15) is 5.11 Å². The summed E-state index contributed by atoms with van der Waals surface area (Å²) in [6, 6.07) is 3.55. The molecule has 0 saturated heterocycles. The van der Waals surface area contributed by atoms with E-state index in [0.717, 1.165) is 23.3 Å². The summed E-state index contributed by atoms with van der Waals surface area (Å²) in [6.07, 6.45) is 2.05. The van der Waals surface area contributed by atoms with Gasteiger partial charge < -0.3 is 5.11 Å². The number of aryl methyl sites for hydroxylation is 1. The number of phenolic OH excluding ortho intramolecular Hbond substituents is 1. The Kier molecular flexibility index (Phi) is 3.35. The van der Waals surface area contributed by atoms with Gasteiger partial charge in [-0.25, -0.2) is 0 Å². The standard InChI is InChI=1S/C9H12OS2/c1-2-3-6-4-5-7(10)9(12)8(6)11/h4-5,10-12H,2-3H2,1H3. The molecule has 0 unspecified atom stereocenters. The highest BCUT2D eigenvalue weighted by atomic mass is 32.1. The van der Waals surface area contributed by atoms with Gasteiger partial charge in [-0.1, -0.05) is 19.4 Å². The first kappa shape index (κ1) is 9.81. The first-order valence-electron chi connectivity index (χ1n) is 3.89. The molecule has 66 valence electrons. The number of benzene rings is 1. The number of hydrogen-bond donors (Lipinski definition) is 3. The Labute approximate surface area is 83.6 Å². The molecule has 1 aromatic carbocycles. The Morgan fingerprint density at radius 2 is 1.92 bits per heavy atom. The summed E-state index contributed by atoms with van der Waals surface area (Å²) in [5, 5.41) is 9.27. The quantitative estimate of drug-likeness (QED) is 0.627. The maximum absolute atomic E-state index is 9.27. The van der Waals surface area contributed by atoms with E-state index in [1.165, 1.54) is 0 Å². The van der Waals surface area contributed by atoms with Crippen LogP contribution in [0.2, 0.25) is 0 Å². The lowest BCUT2D eigenvalue weighted by molar-refractivity contribution is 0.459. The van der Waals surface area contributed by atoms with E-state index in [2.05, 4.69) is 32.2 Å². The molecule has 0 aromatic heterocycles. The van der Waals surface area contributed by atoms with Crippen LogP contribution in [0.3, 0.4) is 0 Å². The minimum absolute atomic E-state index is 0.197. The predicted octanol–water partition coefficient (Wildman–Crippen LogP) is 2.92. The molecule has 0 aliphatic heterocycles. The highest BCUT2D eigenvalue weighted by Crippen LogP contribution is 2.31. The molecule has 1 N–H and O–H groups in total. The lowest BCUT2D eigenvalue weighted by Gasteiger charge is -2.07. The number of rotatable bonds is 2. The van der Waals surface area contributed by atoms with E-state index in [1.807, 2.05) is 6.07 Å². The molecule has 0 aliphatic rings. The van der Waals surface area contributed by atoms with Crippen molar-refractivity contribution in [1.29, 1.82) is 0 Å². The average molecular weight is 200 g/mol. The van der Waals surface area contributed by atoms with Crippen molar-refractivity contribution in [3.63, 3.8) is 0 Å². The van der Waals surface area contributed by atoms with Gasteiger partial charge in [0, 0.05) is 4.90 Å². The van der Waals surface area contributed by atoms with Crippen LogP contribution in [0, 0.1) is 0 Å². The van der Waals surface area contributed by atoms with Crippen molar-refractivity contribution in [3.05, 3.63) is 17.7 Å². The van der Waals surface area contributed by atoms with Crippen LogP contribution in [0.5, 0.6) is 5.75 Å². The third-order valence-corrected chi connectivity index (χ3v) is 2.87. The zero-order valence-electron chi connectivity index (χ0n) is 6.91. The normalized spacial score (nSPS) is 10.2. The van der Waals surface area contributed by atoms with E-state index < -0.39 is 0 Å².